The molecule has 0 saturated carbocycles. The highest BCUT2D eigenvalue weighted by Gasteiger charge is 2.18. The van der Waals surface area contributed by atoms with Gasteiger partial charge in [-0.25, -0.2) is 0 Å². The number of thiophene rings is 1. The van der Waals surface area contributed by atoms with E-state index in [0.717, 1.165) is 12.1 Å². The van der Waals surface area contributed by atoms with Crippen LogP contribution in [0.25, 0.3) is 42.2 Å². The van der Waals surface area contributed by atoms with Crippen molar-refractivity contribution in [1.29, 1.82) is 0 Å². The molecule has 2 aromatic heterocycles. The summed E-state index contributed by atoms with van der Waals surface area (Å²) in [5.41, 5.74) is 6.87. The zero-order chi connectivity index (χ0) is 22.6. The second-order valence-electron chi connectivity index (χ2n) is 10.5. The van der Waals surface area contributed by atoms with E-state index in [2.05, 4.69) is 96.1 Å². The fraction of sp³-hybridized carbons (Fsp3) is 0.300. The monoisotopic (exact) mass is 437 g/mol. The molecule has 0 N–H and O–H groups in total. The number of pyridine rings is 1. The van der Waals surface area contributed by atoms with Gasteiger partial charge < -0.3 is 0 Å². The number of rotatable bonds is 3. The number of hydrogen-bond donors (Lipinski definition) is 0. The molecule has 0 aliphatic rings. The van der Waals surface area contributed by atoms with Crippen LogP contribution in [0.15, 0.2) is 60.8 Å². The first-order valence-electron chi connectivity index (χ1n) is 11.6. The minimum Gasteiger partial charge on any atom is -0.255 e. The molecule has 3 aromatic carbocycles. The van der Waals surface area contributed by atoms with Crippen molar-refractivity contribution in [3.05, 3.63) is 77.5 Å². The van der Waals surface area contributed by atoms with Gasteiger partial charge in [-0.3, -0.25) is 4.98 Å². The lowest BCUT2D eigenvalue weighted by Gasteiger charge is -2.19. The Hall–Kier alpha value is -2.71. The van der Waals surface area contributed by atoms with E-state index in [0.29, 0.717) is 5.92 Å². The van der Waals surface area contributed by atoms with E-state index in [1.165, 1.54) is 53.2 Å². The summed E-state index contributed by atoms with van der Waals surface area (Å²) in [4.78, 5) is 4.90. The van der Waals surface area contributed by atoms with Crippen molar-refractivity contribution >= 4 is 42.3 Å². The molecule has 0 amide bonds. The first-order chi connectivity index (χ1) is 15.2. The van der Waals surface area contributed by atoms with Crippen LogP contribution in [0.5, 0.6) is 0 Å². The van der Waals surface area contributed by atoms with Gasteiger partial charge in [0.15, 0.2) is 0 Å². The molecule has 2 heterocycles. The molecule has 5 rings (SSSR count). The van der Waals surface area contributed by atoms with Crippen LogP contribution in [-0.4, -0.2) is 4.98 Å². The molecule has 1 nitrogen and oxygen atoms in total. The van der Waals surface area contributed by atoms with Crippen molar-refractivity contribution in [3.8, 4) is 11.3 Å². The maximum atomic E-state index is 4.90. The summed E-state index contributed by atoms with van der Waals surface area (Å²) in [5.74, 6) is 0.462. The summed E-state index contributed by atoms with van der Waals surface area (Å²) in [6.07, 6.45) is 3.07. The van der Waals surface area contributed by atoms with Gasteiger partial charge in [-0.2, -0.15) is 0 Å². The van der Waals surface area contributed by atoms with Gasteiger partial charge in [-0.05, 0) is 70.3 Å². The maximum absolute atomic E-state index is 4.90. The Morgan fingerprint density at radius 1 is 0.875 bits per heavy atom. The van der Waals surface area contributed by atoms with Gasteiger partial charge >= 0.3 is 0 Å². The van der Waals surface area contributed by atoms with Crippen molar-refractivity contribution in [3.63, 3.8) is 0 Å². The van der Waals surface area contributed by atoms with E-state index in [1.54, 1.807) is 0 Å². The summed E-state index contributed by atoms with van der Waals surface area (Å²) >= 11 is 1.91. The SMILES string of the molecule is Cc1c(CC(C)(C)C)ccc2c1sc1c(-c3cc(C(C)C)c4ccccc4c3)nccc12. The summed E-state index contributed by atoms with van der Waals surface area (Å²) in [7, 11) is 0. The number of aromatic nitrogens is 1. The molecule has 0 fully saturated rings. The summed E-state index contributed by atoms with van der Waals surface area (Å²) in [6.45, 7) is 13.8. The summed E-state index contributed by atoms with van der Waals surface area (Å²) < 4.78 is 2.70. The van der Waals surface area contributed by atoms with Gasteiger partial charge in [0.25, 0.3) is 0 Å². The van der Waals surface area contributed by atoms with Gasteiger partial charge in [-0.15, -0.1) is 11.3 Å². The average molecular weight is 438 g/mol. The van der Waals surface area contributed by atoms with Crippen molar-refractivity contribution in [2.45, 2.75) is 53.9 Å². The zero-order valence-corrected chi connectivity index (χ0v) is 20.7. The number of hydrogen-bond acceptors (Lipinski definition) is 2. The molecule has 0 atom stereocenters. The average Bonchev–Trinajstić information content (AvgIpc) is 3.13. The standard InChI is InChI=1S/C30H31NS/c1-18(2)26-16-22(15-20-9-7-8-10-23(20)26)27-29-25(13-14-31-27)24-12-11-21(17-30(4,5)6)19(3)28(24)32-29/h7-16,18H,17H2,1-6H3. The van der Waals surface area contributed by atoms with Gasteiger partial charge in [0.1, 0.15) is 0 Å². The first-order valence-corrected chi connectivity index (χ1v) is 12.4. The van der Waals surface area contributed by atoms with E-state index in [9.17, 15) is 0 Å². The minimum absolute atomic E-state index is 0.278. The largest absolute Gasteiger partial charge is 0.255 e. The lowest BCUT2D eigenvalue weighted by atomic mass is 9.86. The molecular weight excluding hydrogens is 406 g/mol. The topological polar surface area (TPSA) is 12.9 Å². The van der Waals surface area contributed by atoms with Crippen LogP contribution in [0.1, 0.15) is 57.2 Å². The number of aryl methyl sites for hydroxylation is 1. The van der Waals surface area contributed by atoms with E-state index in [4.69, 9.17) is 4.98 Å². The van der Waals surface area contributed by atoms with Crippen molar-refractivity contribution in [2.24, 2.45) is 5.41 Å². The third-order valence-corrected chi connectivity index (χ3v) is 7.77. The first kappa shape index (κ1) is 21.2. The molecule has 0 radical (unpaired) electrons. The van der Waals surface area contributed by atoms with Crippen LogP contribution in [-0.2, 0) is 6.42 Å². The summed E-state index contributed by atoms with van der Waals surface area (Å²) in [6, 6.07) is 20.2. The molecule has 0 saturated heterocycles. The van der Waals surface area contributed by atoms with Crippen molar-refractivity contribution in [2.75, 3.05) is 0 Å². The predicted molar refractivity (Wildman–Crippen MR) is 142 cm³/mol. The third-order valence-electron chi connectivity index (χ3n) is 6.43. The number of nitrogens with zero attached hydrogens (tertiary/aromatic N) is 1. The lowest BCUT2D eigenvalue weighted by molar-refractivity contribution is 0.410. The highest BCUT2D eigenvalue weighted by atomic mass is 32.1. The smallest absolute Gasteiger partial charge is 0.0880 e. The molecule has 0 bridgehead atoms. The second-order valence-corrected chi connectivity index (χ2v) is 11.6. The van der Waals surface area contributed by atoms with Crippen molar-refractivity contribution < 1.29 is 0 Å². The fourth-order valence-electron chi connectivity index (χ4n) is 4.86. The molecule has 0 aliphatic heterocycles. The molecule has 0 aliphatic carbocycles. The van der Waals surface area contributed by atoms with E-state index in [1.807, 2.05) is 17.5 Å². The lowest BCUT2D eigenvalue weighted by Crippen LogP contribution is -2.10. The quantitative estimate of drug-likeness (QED) is 0.274. The Morgan fingerprint density at radius 3 is 2.38 bits per heavy atom. The Bertz CT molecular complexity index is 1460. The van der Waals surface area contributed by atoms with Gasteiger partial charge in [0, 0.05) is 27.2 Å². The van der Waals surface area contributed by atoms with Crippen LogP contribution in [0.2, 0.25) is 0 Å². The van der Waals surface area contributed by atoms with Crippen LogP contribution >= 0.6 is 11.3 Å². The molecule has 5 aromatic rings. The number of fused-ring (bicyclic) bond motifs is 4. The summed E-state index contributed by atoms with van der Waals surface area (Å²) in [5, 5.41) is 5.31. The van der Waals surface area contributed by atoms with E-state index in [-0.39, 0.29) is 5.41 Å². The van der Waals surface area contributed by atoms with E-state index >= 15 is 0 Å². The van der Waals surface area contributed by atoms with Crippen LogP contribution in [0.4, 0.5) is 0 Å². The molecule has 162 valence electrons. The van der Waals surface area contributed by atoms with Crippen LogP contribution < -0.4 is 0 Å². The van der Waals surface area contributed by atoms with Gasteiger partial charge in [0.05, 0.1) is 10.4 Å². The maximum Gasteiger partial charge on any atom is 0.0880 e. The Balaban J connectivity index is 1.76. The molecular formula is C30H31NS. The minimum atomic E-state index is 0.278. The molecule has 32 heavy (non-hydrogen) atoms. The molecule has 0 spiro atoms. The zero-order valence-electron chi connectivity index (χ0n) is 19.9. The highest BCUT2D eigenvalue weighted by molar-refractivity contribution is 7.26. The second kappa shape index (κ2) is 7.71. The van der Waals surface area contributed by atoms with Crippen molar-refractivity contribution in [1.82, 2.24) is 4.98 Å². The molecule has 0 unspecified atom stereocenters. The predicted octanol–water partition coefficient (Wildman–Crippen LogP) is 9.29. The normalized spacial score (nSPS) is 12.5. The van der Waals surface area contributed by atoms with Gasteiger partial charge in [0.2, 0.25) is 0 Å². The molecule has 2 heteroatoms. The fourth-order valence-corrected chi connectivity index (χ4v) is 6.20. The van der Waals surface area contributed by atoms with E-state index < -0.39 is 0 Å². The Morgan fingerprint density at radius 2 is 1.62 bits per heavy atom. The van der Waals surface area contributed by atoms with Gasteiger partial charge in [-0.1, -0.05) is 71.0 Å². The highest BCUT2D eigenvalue weighted by Crippen LogP contribution is 2.42. The van der Waals surface area contributed by atoms with Crippen LogP contribution in [0, 0.1) is 12.3 Å². The Labute approximate surface area is 195 Å². The Kier molecular flexibility index (Phi) is 5.09. The number of benzene rings is 3. The van der Waals surface area contributed by atoms with Crippen LogP contribution in [0.3, 0.4) is 0 Å². The third kappa shape index (κ3) is 3.61.